The lowest BCUT2D eigenvalue weighted by atomic mass is 9.98. The molecule has 0 bridgehead atoms. The average Bonchev–Trinajstić information content (AvgIpc) is 2.44. The molecule has 3 N–H and O–H groups in total. The predicted molar refractivity (Wildman–Crippen MR) is 84.7 cm³/mol. The number of carbonyl (C=O) groups is 2. The first-order chi connectivity index (χ1) is 10.6. The second kappa shape index (κ2) is 8.05. The van der Waals surface area contributed by atoms with Gasteiger partial charge in [0.25, 0.3) is 0 Å². The summed E-state index contributed by atoms with van der Waals surface area (Å²) in [7, 11) is -3.50. The van der Waals surface area contributed by atoms with E-state index in [0.29, 0.717) is 5.56 Å². The van der Waals surface area contributed by atoms with E-state index in [2.05, 4.69) is 5.32 Å². The monoisotopic (exact) mass is 344 g/mol. The van der Waals surface area contributed by atoms with Gasteiger partial charge in [-0.25, -0.2) is 12.8 Å². The summed E-state index contributed by atoms with van der Waals surface area (Å²) >= 11 is 0. The molecule has 0 aliphatic rings. The zero-order valence-electron chi connectivity index (χ0n) is 13.1. The van der Waals surface area contributed by atoms with E-state index in [1.807, 2.05) is 0 Å². The zero-order valence-corrected chi connectivity index (χ0v) is 13.9. The molecule has 1 rings (SSSR count). The second-order valence-corrected chi connectivity index (χ2v) is 8.15. The Kier molecular flexibility index (Phi) is 6.68. The maximum absolute atomic E-state index is 12.9. The third-order valence-corrected chi connectivity index (χ3v) is 5.49. The summed E-state index contributed by atoms with van der Waals surface area (Å²) in [6.07, 6.45) is 0.229. The van der Waals surface area contributed by atoms with Crippen LogP contribution >= 0.6 is 0 Å². The number of rotatable bonds is 8. The third-order valence-electron chi connectivity index (χ3n) is 3.39. The largest absolute Gasteiger partial charge is 0.369 e. The van der Waals surface area contributed by atoms with Crippen molar-refractivity contribution in [3.8, 4) is 0 Å². The third kappa shape index (κ3) is 6.35. The second-order valence-electron chi connectivity index (χ2n) is 5.59. The van der Waals surface area contributed by atoms with Crippen molar-refractivity contribution >= 4 is 21.7 Å². The van der Waals surface area contributed by atoms with Crippen LogP contribution in [0.5, 0.6) is 0 Å². The maximum atomic E-state index is 12.9. The molecular weight excluding hydrogens is 323 g/mol. The molecule has 0 aliphatic carbocycles. The van der Waals surface area contributed by atoms with Gasteiger partial charge in [0.1, 0.15) is 11.6 Å². The summed E-state index contributed by atoms with van der Waals surface area (Å²) < 4.78 is 36.2. The summed E-state index contributed by atoms with van der Waals surface area (Å²) in [6, 6.07) is 5.58. The molecule has 6 nitrogen and oxygen atoms in total. The Morgan fingerprint density at radius 3 is 2.26 bits per heavy atom. The topological polar surface area (TPSA) is 106 Å². The summed E-state index contributed by atoms with van der Waals surface area (Å²) in [5.74, 6) is -3.03. The van der Waals surface area contributed by atoms with Gasteiger partial charge in [-0.2, -0.15) is 0 Å². The van der Waals surface area contributed by atoms with Crippen LogP contribution in [0.15, 0.2) is 24.3 Å². The van der Waals surface area contributed by atoms with Crippen molar-refractivity contribution in [3.05, 3.63) is 35.6 Å². The van der Waals surface area contributed by atoms with Gasteiger partial charge in [0.2, 0.25) is 11.8 Å². The first-order valence-electron chi connectivity index (χ1n) is 7.14. The minimum Gasteiger partial charge on any atom is -0.369 e. The number of hydrogen-bond donors (Lipinski definition) is 2. The first kappa shape index (κ1) is 19.1. The minimum absolute atomic E-state index is 0.0703. The van der Waals surface area contributed by atoms with Crippen molar-refractivity contribution in [3.63, 3.8) is 0 Å². The lowest BCUT2D eigenvalue weighted by Gasteiger charge is -2.15. The van der Waals surface area contributed by atoms with E-state index >= 15 is 0 Å². The summed E-state index contributed by atoms with van der Waals surface area (Å²) in [5, 5.41) is 1.76. The molecule has 1 atom stereocenters. The van der Waals surface area contributed by atoms with E-state index in [-0.39, 0.29) is 13.0 Å². The van der Waals surface area contributed by atoms with Crippen LogP contribution in [-0.4, -0.2) is 37.8 Å². The molecule has 0 radical (unpaired) electrons. The molecule has 2 amide bonds. The van der Waals surface area contributed by atoms with Gasteiger partial charge >= 0.3 is 0 Å². The van der Waals surface area contributed by atoms with Crippen molar-refractivity contribution in [1.82, 2.24) is 5.32 Å². The highest BCUT2D eigenvalue weighted by Crippen LogP contribution is 2.10. The number of halogens is 1. The molecule has 128 valence electrons. The van der Waals surface area contributed by atoms with E-state index in [1.54, 1.807) is 0 Å². The highest BCUT2D eigenvalue weighted by molar-refractivity contribution is 7.92. The molecule has 0 saturated carbocycles. The normalized spacial score (nSPS) is 12.9. The van der Waals surface area contributed by atoms with Crippen LogP contribution in [0.4, 0.5) is 4.39 Å². The van der Waals surface area contributed by atoms with Crippen LogP contribution in [-0.2, 0) is 25.8 Å². The number of benzene rings is 1. The van der Waals surface area contributed by atoms with Crippen LogP contribution in [0.3, 0.4) is 0 Å². The molecule has 0 saturated heterocycles. The van der Waals surface area contributed by atoms with E-state index in [9.17, 15) is 22.4 Å². The number of primary amides is 1. The number of carbonyl (C=O) groups excluding carboxylic acids is 2. The Labute approximate surface area is 135 Å². The number of sulfone groups is 1. The minimum atomic E-state index is -3.50. The summed E-state index contributed by atoms with van der Waals surface area (Å²) in [4.78, 5) is 23.2. The molecule has 1 aromatic carbocycles. The van der Waals surface area contributed by atoms with E-state index in [4.69, 9.17) is 5.73 Å². The Bertz CT molecular complexity index is 657. The molecule has 0 aromatic heterocycles. The van der Waals surface area contributed by atoms with Crippen LogP contribution in [0.1, 0.15) is 19.4 Å². The fourth-order valence-corrected chi connectivity index (χ4v) is 2.62. The van der Waals surface area contributed by atoms with Crippen LogP contribution in [0.2, 0.25) is 0 Å². The molecule has 0 heterocycles. The fourth-order valence-electron chi connectivity index (χ4n) is 1.82. The highest BCUT2D eigenvalue weighted by Gasteiger charge is 2.22. The molecule has 8 heteroatoms. The molecule has 0 spiro atoms. The van der Waals surface area contributed by atoms with Gasteiger partial charge in [0.15, 0.2) is 9.84 Å². The van der Waals surface area contributed by atoms with Gasteiger partial charge in [0, 0.05) is 6.54 Å². The first-order valence-corrected chi connectivity index (χ1v) is 8.85. The van der Waals surface area contributed by atoms with E-state index in [0.717, 1.165) is 0 Å². The highest BCUT2D eigenvalue weighted by atomic mass is 32.2. The number of nitrogens with two attached hydrogens (primary N) is 1. The zero-order chi connectivity index (χ0) is 17.6. The number of nitrogens with one attached hydrogen (secondary N) is 1. The summed E-state index contributed by atoms with van der Waals surface area (Å²) in [6.45, 7) is 2.91. The Morgan fingerprint density at radius 1 is 1.22 bits per heavy atom. The van der Waals surface area contributed by atoms with E-state index in [1.165, 1.54) is 38.1 Å². The Balaban J connectivity index is 2.62. The number of hydrogen-bond acceptors (Lipinski definition) is 4. The Morgan fingerprint density at radius 2 is 1.78 bits per heavy atom. The fraction of sp³-hybridized carbons (Fsp3) is 0.467. The van der Waals surface area contributed by atoms with Gasteiger partial charge in [-0.05, 0) is 38.0 Å². The van der Waals surface area contributed by atoms with Crippen LogP contribution in [0.25, 0.3) is 0 Å². The smallest absolute Gasteiger partial charge is 0.235 e. The van der Waals surface area contributed by atoms with Crippen LogP contribution in [0, 0.1) is 11.7 Å². The van der Waals surface area contributed by atoms with Gasteiger partial charge < -0.3 is 11.1 Å². The van der Waals surface area contributed by atoms with Crippen molar-refractivity contribution in [2.24, 2.45) is 11.7 Å². The summed E-state index contributed by atoms with van der Waals surface area (Å²) in [5.41, 5.74) is 5.99. The molecular formula is C15H21FN2O4S. The molecule has 0 aliphatic heterocycles. The van der Waals surface area contributed by atoms with Gasteiger partial charge in [0.05, 0.1) is 11.2 Å². The van der Waals surface area contributed by atoms with Gasteiger partial charge in [-0.1, -0.05) is 12.1 Å². The molecule has 1 aromatic rings. The number of amides is 2. The van der Waals surface area contributed by atoms with Gasteiger partial charge in [-0.15, -0.1) is 0 Å². The van der Waals surface area contributed by atoms with Crippen molar-refractivity contribution < 1.29 is 22.4 Å². The van der Waals surface area contributed by atoms with Crippen molar-refractivity contribution in [2.75, 3.05) is 12.3 Å². The standard InChI is InChI=1S/C15H21FN2O4S/c1-10(2)23(21,22)9-14(19)18-8-12(15(17)20)7-11-3-5-13(16)6-4-11/h3-6,10,12H,7-9H2,1-2H3,(H2,17,20)(H,18,19)/t12-/m1/s1. The maximum Gasteiger partial charge on any atom is 0.235 e. The van der Waals surface area contributed by atoms with Gasteiger partial charge in [-0.3, -0.25) is 9.59 Å². The van der Waals surface area contributed by atoms with E-state index < -0.39 is 44.4 Å². The van der Waals surface area contributed by atoms with Crippen molar-refractivity contribution in [2.45, 2.75) is 25.5 Å². The molecule has 0 fully saturated rings. The lowest BCUT2D eigenvalue weighted by molar-refractivity contribution is -0.122. The average molecular weight is 344 g/mol. The lowest BCUT2D eigenvalue weighted by Crippen LogP contribution is -2.40. The molecule has 23 heavy (non-hydrogen) atoms. The van der Waals surface area contributed by atoms with Crippen LogP contribution < -0.4 is 11.1 Å². The predicted octanol–water partition coefficient (Wildman–Crippen LogP) is 0.409. The molecule has 0 unspecified atom stereocenters. The quantitative estimate of drug-likeness (QED) is 0.712. The SMILES string of the molecule is CC(C)S(=O)(=O)CC(=O)NC[C@@H](Cc1ccc(F)cc1)C(N)=O. The Hall–Kier alpha value is -1.96. The van der Waals surface area contributed by atoms with Crippen molar-refractivity contribution in [1.29, 1.82) is 0 Å².